The van der Waals surface area contributed by atoms with Crippen molar-refractivity contribution in [3.05, 3.63) is 35.7 Å². The number of rotatable bonds is 14. The maximum atomic E-state index is 4.36. The average molecular weight is 415 g/mol. The quantitative estimate of drug-likeness (QED) is 0.400. The van der Waals surface area contributed by atoms with Gasteiger partial charge in [-0.25, -0.2) is 0 Å². The fourth-order valence-corrected chi connectivity index (χ4v) is 3.29. The Balaban J connectivity index is 1.68. The Morgan fingerprint density at radius 1 is 0.600 bits per heavy atom. The molecule has 164 valence electrons. The molecule has 0 saturated heterocycles. The van der Waals surface area contributed by atoms with Gasteiger partial charge in [0.1, 0.15) is 0 Å². The van der Waals surface area contributed by atoms with Gasteiger partial charge in [0.15, 0.2) is 0 Å². The SMILES string of the molecule is CCCCn1cc(CN(Cc2cn(CCC)nn2)Cc2cn(CCCC)nn2)nn1. The molecule has 3 heterocycles. The molecule has 0 aliphatic carbocycles. The van der Waals surface area contributed by atoms with Gasteiger partial charge < -0.3 is 0 Å². The van der Waals surface area contributed by atoms with Crippen LogP contribution in [0.2, 0.25) is 0 Å². The molecule has 0 spiro atoms. The van der Waals surface area contributed by atoms with Crippen molar-refractivity contribution < 1.29 is 0 Å². The Kier molecular flexibility index (Phi) is 8.49. The molecule has 10 nitrogen and oxygen atoms in total. The number of aryl methyl sites for hydroxylation is 3. The Bertz CT molecular complexity index is 816. The van der Waals surface area contributed by atoms with Crippen molar-refractivity contribution in [3.8, 4) is 0 Å². The fourth-order valence-electron chi connectivity index (χ4n) is 3.29. The molecule has 0 unspecified atom stereocenters. The van der Waals surface area contributed by atoms with E-state index in [1.165, 1.54) is 0 Å². The molecule has 0 bridgehead atoms. The third-order valence-corrected chi connectivity index (χ3v) is 4.85. The maximum absolute atomic E-state index is 4.36. The normalized spacial score (nSPS) is 11.6. The molecule has 30 heavy (non-hydrogen) atoms. The van der Waals surface area contributed by atoms with Crippen LogP contribution in [0.4, 0.5) is 0 Å². The molecule has 0 aliphatic heterocycles. The lowest BCUT2D eigenvalue weighted by Crippen LogP contribution is -2.23. The van der Waals surface area contributed by atoms with Crippen LogP contribution in [-0.2, 0) is 39.3 Å². The summed E-state index contributed by atoms with van der Waals surface area (Å²) in [5, 5.41) is 25.8. The van der Waals surface area contributed by atoms with Crippen LogP contribution in [0, 0.1) is 0 Å². The highest BCUT2D eigenvalue weighted by molar-refractivity contribution is 4.99. The van der Waals surface area contributed by atoms with E-state index < -0.39 is 0 Å². The molecule has 0 N–H and O–H groups in total. The van der Waals surface area contributed by atoms with Crippen molar-refractivity contribution in [3.63, 3.8) is 0 Å². The number of nitrogens with zero attached hydrogens (tertiary/aromatic N) is 10. The lowest BCUT2D eigenvalue weighted by Gasteiger charge is -2.18. The van der Waals surface area contributed by atoms with E-state index in [0.29, 0.717) is 19.6 Å². The summed E-state index contributed by atoms with van der Waals surface area (Å²) in [5.74, 6) is 0. The second-order valence-corrected chi connectivity index (χ2v) is 7.77. The van der Waals surface area contributed by atoms with E-state index >= 15 is 0 Å². The third kappa shape index (κ3) is 6.72. The van der Waals surface area contributed by atoms with Gasteiger partial charge >= 0.3 is 0 Å². The summed E-state index contributed by atoms with van der Waals surface area (Å²) in [5.41, 5.74) is 2.84. The minimum Gasteiger partial charge on any atom is -0.285 e. The second-order valence-electron chi connectivity index (χ2n) is 7.77. The Morgan fingerprint density at radius 3 is 1.37 bits per heavy atom. The first kappa shape index (κ1) is 22.1. The predicted molar refractivity (Wildman–Crippen MR) is 113 cm³/mol. The van der Waals surface area contributed by atoms with Crippen LogP contribution in [0.3, 0.4) is 0 Å². The van der Waals surface area contributed by atoms with Crippen LogP contribution in [-0.4, -0.2) is 49.9 Å². The van der Waals surface area contributed by atoms with Gasteiger partial charge in [-0.2, -0.15) is 0 Å². The van der Waals surface area contributed by atoms with E-state index in [1.807, 2.05) is 32.6 Å². The summed E-state index contributed by atoms with van der Waals surface area (Å²) in [4.78, 5) is 2.27. The van der Waals surface area contributed by atoms with Gasteiger partial charge in [0, 0.05) is 57.9 Å². The highest BCUT2D eigenvalue weighted by Gasteiger charge is 2.15. The molecule has 3 aromatic heterocycles. The van der Waals surface area contributed by atoms with Crippen molar-refractivity contribution in [1.29, 1.82) is 0 Å². The number of hydrogen-bond acceptors (Lipinski definition) is 7. The van der Waals surface area contributed by atoms with Crippen LogP contribution in [0.1, 0.15) is 70.0 Å². The molecule has 0 amide bonds. The van der Waals surface area contributed by atoms with Crippen LogP contribution >= 0.6 is 0 Å². The van der Waals surface area contributed by atoms with Crippen molar-refractivity contribution in [2.45, 2.75) is 92.1 Å². The summed E-state index contributed by atoms with van der Waals surface area (Å²) in [6, 6.07) is 0. The summed E-state index contributed by atoms with van der Waals surface area (Å²) < 4.78 is 5.75. The average Bonchev–Trinajstić information content (AvgIpc) is 3.47. The Labute approximate surface area is 178 Å². The van der Waals surface area contributed by atoms with Crippen molar-refractivity contribution in [2.75, 3.05) is 0 Å². The van der Waals surface area contributed by atoms with Crippen LogP contribution in [0.5, 0.6) is 0 Å². The van der Waals surface area contributed by atoms with E-state index in [9.17, 15) is 0 Å². The van der Waals surface area contributed by atoms with Gasteiger partial charge in [-0.1, -0.05) is 49.3 Å². The fraction of sp³-hybridized carbons (Fsp3) is 0.700. The molecular weight excluding hydrogens is 380 g/mol. The molecule has 3 aromatic rings. The molecule has 0 fully saturated rings. The lowest BCUT2D eigenvalue weighted by molar-refractivity contribution is 0.238. The van der Waals surface area contributed by atoms with Crippen molar-refractivity contribution in [1.82, 2.24) is 49.9 Å². The van der Waals surface area contributed by atoms with Gasteiger partial charge in [-0.05, 0) is 19.3 Å². The topological polar surface area (TPSA) is 95.4 Å². The summed E-state index contributed by atoms with van der Waals surface area (Å²) >= 11 is 0. The van der Waals surface area contributed by atoms with Gasteiger partial charge in [0.2, 0.25) is 0 Å². The van der Waals surface area contributed by atoms with Gasteiger partial charge in [0.25, 0.3) is 0 Å². The molecule has 0 radical (unpaired) electrons. The van der Waals surface area contributed by atoms with Crippen LogP contribution in [0.15, 0.2) is 18.6 Å². The smallest absolute Gasteiger partial charge is 0.0967 e. The highest BCUT2D eigenvalue weighted by Crippen LogP contribution is 2.11. The molecule has 10 heteroatoms. The first-order valence-corrected chi connectivity index (χ1v) is 11.1. The molecule has 3 rings (SSSR count). The zero-order chi connectivity index (χ0) is 21.2. The van der Waals surface area contributed by atoms with E-state index in [-0.39, 0.29) is 0 Å². The molecule has 0 aliphatic rings. The summed E-state index contributed by atoms with van der Waals surface area (Å²) in [7, 11) is 0. The second kappa shape index (κ2) is 11.5. The number of hydrogen-bond donors (Lipinski definition) is 0. The van der Waals surface area contributed by atoms with Crippen LogP contribution in [0.25, 0.3) is 0 Å². The summed E-state index contributed by atoms with van der Waals surface area (Å²) in [6.45, 7) is 11.2. The molecular formula is C20H34N10. The monoisotopic (exact) mass is 414 g/mol. The third-order valence-electron chi connectivity index (χ3n) is 4.85. The number of unbranched alkanes of at least 4 members (excludes halogenated alkanes) is 2. The molecule has 0 aromatic carbocycles. The zero-order valence-corrected chi connectivity index (χ0v) is 18.5. The largest absolute Gasteiger partial charge is 0.285 e. The lowest BCUT2D eigenvalue weighted by atomic mass is 10.3. The van der Waals surface area contributed by atoms with Gasteiger partial charge in [-0.3, -0.25) is 18.9 Å². The van der Waals surface area contributed by atoms with E-state index in [4.69, 9.17) is 0 Å². The van der Waals surface area contributed by atoms with E-state index in [2.05, 4.69) is 56.6 Å². The first-order valence-electron chi connectivity index (χ1n) is 11.1. The zero-order valence-electron chi connectivity index (χ0n) is 18.5. The van der Waals surface area contributed by atoms with Crippen molar-refractivity contribution in [2.24, 2.45) is 0 Å². The first-order chi connectivity index (χ1) is 14.7. The van der Waals surface area contributed by atoms with E-state index in [0.717, 1.165) is 68.8 Å². The van der Waals surface area contributed by atoms with Crippen LogP contribution < -0.4 is 0 Å². The minimum atomic E-state index is 0.674. The van der Waals surface area contributed by atoms with E-state index in [1.54, 1.807) is 0 Å². The minimum absolute atomic E-state index is 0.674. The summed E-state index contributed by atoms with van der Waals surface area (Å²) in [6.07, 6.45) is 11.6. The number of aromatic nitrogens is 9. The standard InChI is InChI=1S/C20H34N10/c1-4-7-10-29-16-19(22-25-29)13-27(12-18-15-28(9-6-3)24-21-18)14-20-17-30(26-23-20)11-8-5-2/h15-17H,4-14H2,1-3H3. The Hall–Kier alpha value is -2.62. The van der Waals surface area contributed by atoms with Gasteiger partial charge in [-0.15, -0.1) is 15.3 Å². The van der Waals surface area contributed by atoms with Crippen molar-refractivity contribution >= 4 is 0 Å². The van der Waals surface area contributed by atoms with Gasteiger partial charge in [0.05, 0.1) is 17.1 Å². The Morgan fingerprint density at radius 2 is 1.00 bits per heavy atom. The molecule has 0 saturated carbocycles. The highest BCUT2D eigenvalue weighted by atomic mass is 15.4. The maximum Gasteiger partial charge on any atom is 0.0967 e. The molecule has 0 atom stereocenters. The predicted octanol–water partition coefficient (Wildman–Crippen LogP) is 2.67.